The molecule has 2 heterocycles. The number of methoxy groups -OCH3 is 2. The van der Waals surface area contributed by atoms with Crippen molar-refractivity contribution < 1.29 is 29.6 Å². The summed E-state index contributed by atoms with van der Waals surface area (Å²) < 4.78 is 13.6. The van der Waals surface area contributed by atoms with Gasteiger partial charge in [0.2, 0.25) is 0 Å². The minimum absolute atomic E-state index is 0.0652. The third kappa shape index (κ3) is 7.39. The Morgan fingerprint density at radius 1 is 0.897 bits per heavy atom. The molecule has 0 amide bonds. The summed E-state index contributed by atoms with van der Waals surface area (Å²) in [5, 5.41) is 30.7. The molecule has 0 bridgehead atoms. The molecule has 4 aromatic rings. The monoisotopic (exact) mass is 614 g/mol. The van der Waals surface area contributed by atoms with Gasteiger partial charge in [-0.05, 0) is 64.2 Å². The number of rotatable bonds is 5. The molecule has 0 aliphatic rings. The molecule has 12 heteroatoms. The quantitative estimate of drug-likeness (QED) is 0.143. The molecule has 9 nitrogen and oxygen atoms in total. The Kier molecular flexibility index (Phi) is 11.5. The standard InChI is InChI=1S/C14H15NO4.C13H14BrNO2.BHNS/c1-7(2)12-13(16)11(14(17)18)9-6-8(19-3)4-5-10(9)15-12;1-7(2)12-13(16)11(14)9-6-8(17-3)4-5-10(9)15-12;1-2-3/h4-7,16H,1-3H3,(H,17,18);4-7,16H,1-3H3;3H. The summed E-state index contributed by atoms with van der Waals surface area (Å²) in [4.78, 5) is 20.2. The fourth-order valence-electron chi connectivity index (χ4n) is 3.74. The van der Waals surface area contributed by atoms with E-state index in [1.165, 1.54) is 7.11 Å². The Labute approximate surface area is 242 Å². The van der Waals surface area contributed by atoms with Crippen molar-refractivity contribution in [2.75, 3.05) is 14.2 Å². The molecule has 0 spiro atoms. The van der Waals surface area contributed by atoms with Crippen LogP contribution in [0.25, 0.3) is 21.8 Å². The minimum atomic E-state index is -1.18. The van der Waals surface area contributed by atoms with Gasteiger partial charge in [0.05, 0.1) is 41.1 Å². The normalized spacial score (nSPS) is 10.5. The van der Waals surface area contributed by atoms with Crippen LogP contribution in [0.1, 0.15) is 61.3 Å². The number of carboxylic acids is 1. The number of benzene rings is 2. The first kappa shape index (κ1) is 31.8. The van der Waals surface area contributed by atoms with E-state index < -0.39 is 5.97 Å². The summed E-state index contributed by atoms with van der Waals surface area (Å²) in [5.74, 6) is 0.136. The first-order valence-corrected chi connectivity index (χ1v) is 12.9. The molecule has 0 saturated carbocycles. The second-order valence-corrected chi connectivity index (χ2v) is 9.90. The summed E-state index contributed by atoms with van der Waals surface area (Å²) in [6, 6.07) is 10.6. The number of hydrogen-bond donors (Lipinski definition) is 4. The van der Waals surface area contributed by atoms with Gasteiger partial charge < -0.3 is 24.8 Å². The first-order chi connectivity index (χ1) is 18.4. The van der Waals surface area contributed by atoms with Crippen molar-refractivity contribution in [3.63, 3.8) is 0 Å². The van der Waals surface area contributed by atoms with Crippen molar-refractivity contribution in [2.45, 2.75) is 39.5 Å². The number of aromatic hydroxyl groups is 2. The zero-order valence-electron chi connectivity index (χ0n) is 22.4. The molecule has 0 aliphatic heterocycles. The molecule has 4 rings (SSSR count). The average molecular weight is 615 g/mol. The summed E-state index contributed by atoms with van der Waals surface area (Å²) in [7, 11) is 7.45. The Balaban J connectivity index is 0.000000250. The Bertz CT molecular complexity index is 1500. The number of nitrogens with zero attached hydrogens (tertiary/aromatic N) is 3. The van der Waals surface area contributed by atoms with Gasteiger partial charge in [-0.15, -0.1) is 0 Å². The third-order valence-electron chi connectivity index (χ3n) is 5.63. The molecule has 0 saturated heterocycles. The van der Waals surface area contributed by atoms with Crippen LogP contribution in [0.2, 0.25) is 0 Å². The fourth-order valence-corrected chi connectivity index (χ4v) is 4.26. The summed E-state index contributed by atoms with van der Waals surface area (Å²) in [6.45, 7) is 7.71. The van der Waals surface area contributed by atoms with E-state index in [2.05, 4.69) is 50.7 Å². The van der Waals surface area contributed by atoms with Gasteiger partial charge in [0.15, 0.2) is 11.5 Å². The topological polar surface area (TPSA) is 134 Å². The predicted octanol–water partition coefficient (Wildman–Crippen LogP) is 6.79. The zero-order valence-corrected chi connectivity index (χ0v) is 24.9. The van der Waals surface area contributed by atoms with E-state index in [9.17, 15) is 20.1 Å². The number of fused-ring (bicyclic) bond motifs is 2. The molecular weight excluding hydrogens is 585 g/mol. The second-order valence-electron chi connectivity index (χ2n) is 8.88. The maximum absolute atomic E-state index is 11.4. The number of aromatic carboxylic acids is 1. The van der Waals surface area contributed by atoms with Gasteiger partial charge in [0.1, 0.15) is 17.1 Å². The third-order valence-corrected chi connectivity index (χ3v) is 6.44. The van der Waals surface area contributed by atoms with Crippen LogP contribution in [-0.4, -0.2) is 53.1 Å². The van der Waals surface area contributed by atoms with Gasteiger partial charge in [-0.1, -0.05) is 27.7 Å². The van der Waals surface area contributed by atoms with Crippen molar-refractivity contribution in [3.05, 3.63) is 57.8 Å². The van der Waals surface area contributed by atoms with Crippen molar-refractivity contribution in [1.82, 2.24) is 9.97 Å². The molecule has 2 aromatic heterocycles. The van der Waals surface area contributed by atoms with Crippen molar-refractivity contribution in [1.29, 1.82) is 0 Å². The number of thiol groups is 1. The SMILES string of the molecule is COc1ccc2nc(C(C)C)c(O)c(Br)c2c1.COc1ccc2nc(C(C)C)c(O)c(C(=O)O)c2c1.[B]=NS. The van der Waals surface area contributed by atoms with Crippen LogP contribution in [-0.2, 0) is 0 Å². The number of aromatic nitrogens is 2. The molecule has 1 radical (unpaired) electrons. The van der Waals surface area contributed by atoms with E-state index in [4.69, 9.17) is 9.47 Å². The summed E-state index contributed by atoms with van der Waals surface area (Å²) in [6.07, 6.45) is 0. The van der Waals surface area contributed by atoms with Crippen LogP contribution in [0, 0.1) is 0 Å². The number of pyridine rings is 2. The van der Waals surface area contributed by atoms with Gasteiger partial charge in [-0.25, -0.2) is 14.8 Å². The van der Waals surface area contributed by atoms with E-state index in [0.717, 1.165) is 16.7 Å². The van der Waals surface area contributed by atoms with Crippen LogP contribution in [0.3, 0.4) is 0 Å². The van der Waals surface area contributed by atoms with Crippen molar-refractivity contribution in [3.8, 4) is 23.0 Å². The summed E-state index contributed by atoms with van der Waals surface area (Å²) in [5.41, 5.74) is 2.33. The van der Waals surface area contributed by atoms with Gasteiger partial charge in [-0.2, -0.15) is 0 Å². The number of carboxylic acid groups (broad SMARTS) is 1. The van der Waals surface area contributed by atoms with E-state index in [0.29, 0.717) is 32.5 Å². The summed E-state index contributed by atoms with van der Waals surface area (Å²) >= 11 is 6.61. The van der Waals surface area contributed by atoms with Crippen LogP contribution in [0.5, 0.6) is 23.0 Å². The van der Waals surface area contributed by atoms with E-state index in [1.807, 2.05) is 45.9 Å². The molecule has 0 atom stereocenters. The predicted molar refractivity (Wildman–Crippen MR) is 160 cm³/mol. The van der Waals surface area contributed by atoms with Crippen molar-refractivity contribution >= 4 is 64.2 Å². The first-order valence-electron chi connectivity index (χ1n) is 11.8. The van der Waals surface area contributed by atoms with Crippen LogP contribution < -0.4 is 9.47 Å². The van der Waals surface area contributed by atoms with Gasteiger partial charge in [0, 0.05) is 10.8 Å². The second kappa shape index (κ2) is 14.1. The van der Waals surface area contributed by atoms with Gasteiger partial charge in [0.25, 0.3) is 0 Å². The fraction of sp³-hybridized carbons (Fsp3) is 0.296. The van der Waals surface area contributed by atoms with Crippen LogP contribution in [0.4, 0.5) is 0 Å². The van der Waals surface area contributed by atoms with E-state index in [-0.39, 0.29) is 28.9 Å². The Hall–Kier alpha value is -3.38. The molecule has 39 heavy (non-hydrogen) atoms. The molecule has 0 unspecified atom stereocenters. The molecule has 0 fully saturated rings. The van der Waals surface area contributed by atoms with Crippen LogP contribution >= 0.6 is 28.7 Å². The Morgan fingerprint density at radius 3 is 1.72 bits per heavy atom. The number of carbonyl (C=O) groups is 1. The van der Waals surface area contributed by atoms with Gasteiger partial charge >= 0.3 is 30.7 Å². The zero-order chi connectivity index (χ0) is 29.4. The van der Waals surface area contributed by atoms with Crippen LogP contribution in [0.15, 0.2) is 45.2 Å². The number of halogens is 1. The van der Waals surface area contributed by atoms with E-state index in [1.54, 1.807) is 25.3 Å². The average Bonchev–Trinajstić information content (AvgIpc) is 2.90. The molecule has 205 valence electrons. The van der Waals surface area contributed by atoms with Crippen molar-refractivity contribution in [2.24, 2.45) is 4.30 Å². The molecular formula is C27H30BBrN3O6S. The number of hydrogen-bond acceptors (Lipinski definition) is 9. The molecule has 3 N–H and O–H groups in total. The molecule has 2 aromatic carbocycles. The molecule has 0 aliphatic carbocycles. The number of ether oxygens (including phenoxy) is 2. The van der Waals surface area contributed by atoms with Gasteiger partial charge in [-0.3, -0.25) is 0 Å². The Morgan fingerprint density at radius 2 is 1.31 bits per heavy atom. The maximum atomic E-state index is 11.4. The van der Waals surface area contributed by atoms with E-state index >= 15 is 0 Å².